The zero-order valence-electron chi connectivity index (χ0n) is 12.5. The first kappa shape index (κ1) is 17.5. The molecule has 0 radical (unpaired) electrons. The van der Waals surface area contributed by atoms with Gasteiger partial charge in [-0.25, -0.2) is 0 Å². The van der Waals surface area contributed by atoms with Crippen molar-refractivity contribution in [2.24, 2.45) is 4.99 Å². The monoisotopic (exact) mass is 389 g/mol. The van der Waals surface area contributed by atoms with E-state index in [1.807, 2.05) is 0 Å². The van der Waals surface area contributed by atoms with Crippen molar-refractivity contribution in [2.75, 3.05) is 13.1 Å². The summed E-state index contributed by atoms with van der Waals surface area (Å²) in [6, 6.07) is 0.534. The Morgan fingerprint density at radius 1 is 1.30 bits per heavy atom. The Bertz CT molecular complexity index is 353. The van der Waals surface area contributed by atoms with Gasteiger partial charge in [0.25, 0.3) is 0 Å². The van der Waals surface area contributed by atoms with E-state index in [1.165, 1.54) is 25.7 Å². The molecule has 2 aliphatic rings. The zero-order valence-corrected chi connectivity index (χ0v) is 14.9. The quantitative estimate of drug-likeness (QED) is 0.325. The van der Waals surface area contributed by atoms with Crippen LogP contribution in [-0.2, 0) is 0 Å². The molecule has 0 saturated carbocycles. The van der Waals surface area contributed by atoms with Crippen LogP contribution in [0.2, 0.25) is 0 Å². The summed E-state index contributed by atoms with van der Waals surface area (Å²) in [7, 11) is 0. The topological polar surface area (TPSA) is 36.4 Å². The molecule has 0 amide bonds. The van der Waals surface area contributed by atoms with E-state index in [9.17, 15) is 0 Å². The van der Waals surface area contributed by atoms with Gasteiger partial charge in [-0.05, 0) is 51.9 Å². The lowest BCUT2D eigenvalue weighted by molar-refractivity contribution is 0.631. The van der Waals surface area contributed by atoms with Gasteiger partial charge in [0.15, 0.2) is 5.96 Å². The van der Waals surface area contributed by atoms with Crippen molar-refractivity contribution >= 4 is 29.9 Å². The second-order valence-corrected chi connectivity index (χ2v) is 5.40. The van der Waals surface area contributed by atoms with Gasteiger partial charge in [-0.2, -0.15) is 0 Å². The van der Waals surface area contributed by atoms with E-state index < -0.39 is 0 Å². The van der Waals surface area contributed by atoms with Gasteiger partial charge in [-0.15, -0.1) is 24.0 Å². The Labute approximate surface area is 140 Å². The van der Waals surface area contributed by atoms with E-state index in [-0.39, 0.29) is 24.0 Å². The van der Waals surface area contributed by atoms with Crippen LogP contribution >= 0.6 is 24.0 Å². The lowest BCUT2D eigenvalue weighted by Gasteiger charge is -2.17. The van der Waals surface area contributed by atoms with Crippen molar-refractivity contribution in [3.8, 4) is 0 Å². The summed E-state index contributed by atoms with van der Waals surface area (Å²) in [5, 5.41) is 6.85. The van der Waals surface area contributed by atoms with Gasteiger partial charge < -0.3 is 10.6 Å². The Hall–Kier alpha value is -0.520. The number of halogens is 1. The number of aliphatic imine (C=N–C) groups is 1. The number of hydrogen-bond donors (Lipinski definition) is 2. The Kier molecular flexibility index (Phi) is 8.98. The second kappa shape index (κ2) is 10.2. The van der Waals surface area contributed by atoms with Crippen molar-refractivity contribution in [1.82, 2.24) is 10.6 Å². The molecule has 0 atom stereocenters. The van der Waals surface area contributed by atoms with Crippen LogP contribution in [0.3, 0.4) is 0 Å². The van der Waals surface area contributed by atoms with Crippen molar-refractivity contribution < 1.29 is 0 Å². The van der Waals surface area contributed by atoms with Crippen LogP contribution in [-0.4, -0.2) is 25.1 Å². The summed E-state index contributed by atoms with van der Waals surface area (Å²) < 4.78 is 0. The molecule has 0 aromatic rings. The molecule has 0 aliphatic heterocycles. The van der Waals surface area contributed by atoms with Crippen LogP contribution in [0.25, 0.3) is 0 Å². The summed E-state index contributed by atoms with van der Waals surface area (Å²) in [4.78, 5) is 4.70. The highest BCUT2D eigenvalue weighted by molar-refractivity contribution is 14.0. The summed E-state index contributed by atoms with van der Waals surface area (Å²) >= 11 is 0. The maximum atomic E-state index is 4.70. The van der Waals surface area contributed by atoms with Crippen LogP contribution < -0.4 is 10.6 Å². The van der Waals surface area contributed by atoms with Crippen LogP contribution in [0.5, 0.6) is 0 Å². The minimum Gasteiger partial charge on any atom is -0.357 e. The maximum Gasteiger partial charge on any atom is 0.191 e. The van der Waals surface area contributed by atoms with Crippen LogP contribution in [0.15, 0.2) is 28.8 Å². The molecule has 20 heavy (non-hydrogen) atoms. The summed E-state index contributed by atoms with van der Waals surface area (Å²) in [5.41, 5.74) is 1.60. The highest BCUT2D eigenvalue weighted by Crippen LogP contribution is 2.19. The van der Waals surface area contributed by atoms with E-state index in [4.69, 9.17) is 4.99 Å². The normalized spacial score (nSPS) is 19.4. The van der Waals surface area contributed by atoms with Crippen LogP contribution in [0, 0.1) is 0 Å². The zero-order chi connectivity index (χ0) is 13.3. The van der Waals surface area contributed by atoms with E-state index in [0.717, 1.165) is 38.3 Å². The summed E-state index contributed by atoms with van der Waals surface area (Å²) in [6.45, 7) is 3.95. The molecule has 0 bridgehead atoms. The SMILES string of the molecule is CCNC(=NCCC1=CCCCC1)NC1CC=CC1.I. The van der Waals surface area contributed by atoms with Crippen molar-refractivity contribution in [1.29, 1.82) is 0 Å². The molecule has 0 heterocycles. The fourth-order valence-electron chi connectivity index (χ4n) is 2.69. The van der Waals surface area contributed by atoms with Crippen molar-refractivity contribution in [3.05, 3.63) is 23.8 Å². The Morgan fingerprint density at radius 2 is 2.10 bits per heavy atom. The van der Waals surface area contributed by atoms with Gasteiger partial charge in [0.2, 0.25) is 0 Å². The number of nitrogens with zero attached hydrogens (tertiary/aromatic N) is 1. The van der Waals surface area contributed by atoms with Gasteiger partial charge in [-0.3, -0.25) is 4.99 Å². The molecule has 114 valence electrons. The third-order valence-corrected chi connectivity index (χ3v) is 3.78. The summed E-state index contributed by atoms with van der Waals surface area (Å²) in [5.74, 6) is 0.979. The molecule has 2 rings (SSSR count). The molecular formula is C16H28IN3. The minimum atomic E-state index is 0. The Balaban J connectivity index is 0.00000200. The number of nitrogens with one attached hydrogen (secondary N) is 2. The van der Waals surface area contributed by atoms with Gasteiger partial charge in [-0.1, -0.05) is 23.8 Å². The van der Waals surface area contributed by atoms with E-state index in [2.05, 4.69) is 35.8 Å². The average Bonchev–Trinajstić information content (AvgIpc) is 2.93. The number of guanidine groups is 1. The van der Waals surface area contributed by atoms with E-state index >= 15 is 0 Å². The molecule has 2 N–H and O–H groups in total. The third-order valence-electron chi connectivity index (χ3n) is 3.78. The molecule has 0 aromatic carbocycles. The van der Waals surface area contributed by atoms with Gasteiger partial charge in [0.05, 0.1) is 0 Å². The second-order valence-electron chi connectivity index (χ2n) is 5.40. The van der Waals surface area contributed by atoms with Crippen LogP contribution in [0.4, 0.5) is 0 Å². The fourth-order valence-corrected chi connectivity index (χ4v) is 2.69. The van der Waals surface area contributed by atoms with Crippen molar-refractivity contribution in [2.45, 2.75) is 57.9 Å². The first-order chi connectivity index (χ1) is 9.38. The molecule has 0 unspecified atom stereocenters. The lowest BCUT2D eigenvalue weighted by Crippen LogP contribution is -2.42. The van der Waals surface area contributed by atoms with Crippen LogP contribution in [0.1, 0.15) is 51.9 Å². The minimum absolute atomic E-state index is 0. The smallest absolute Gasteiger partial charge is 0.191 e. The fraction of sp³-hybridized carbons (Fsp3) is 0.688. The molecule has 0 spiro atoms. The van der Waals surface area contributed by atoms with E-state index in [1.54, 1.807) is 5.57 Å². The molecule has 4 heteroatoms. The van der Waals surface area contributed by atoms with Gasteiger partial charge in [0.1, 0.15) is 0 Å². The first-order valence-electron chi connectivity index (χ1n) is 7.76. The molecular weight excluding hydrogens is 361 g/mol. The lowest BCUT2D eigenvalue weighted by atomic mass is 9.97. The molecule has 2 aliphatic carbocycles. The molecule has 0 fully saturated rings. The van der Waals surface area contributed by atoms with Gasteiger partial charge in [0, 0.05) is 19.1 Å². The summed E-state index contributed by atoms with van der Waals surface area (Å²) in [6.07, 6.45) is 15.6. The predicted molar refractivity (Wildman–Crippen MR) is 97.9 cm³/mol. The number of rotatable bonds is 5. The first-order valence-corrected chi connectivity index (χ1v) is 7.76. The largest absolute Gasteiger partial charge is 0.357 e. The average molecular weight is 389 g/mol. The molecule has 0 saturated heterocycles. The highest BCUT2D eigenvalue weighted by Gasteiger charge is 2.11. The maximum absolute atomic E-state index is 4.70. The highest BCUT2D eigenvalue weighted by atomic mass is 127. The number of hydrogen-bond acceptors (Lipinski definition) is 1. The molecule has 0 aromatic heterocycles. The third kappa shape index (κ3) is 6.29. The standard InChI is InChI=1S/C16H27N3.HI/c1-2-17-16(19-15-10-6-7-11-15)18-13-12-14-8-4-3-5-9-14;/h6-8,15H,2-5,9-13H2,1H3,(H2,17,18,19);1H. The van der Waals surface area contributed by atoms with Crippen molar-refractivity contribution in [3.63, 3.8) is 0 Å². The molecule has 3 nitrogen and oxygen atoms in total. The van der Waals surface area contributed by atoms with Gasteiger partial charge >= 0.3 is 0 Å². The number of allylic oxidation sites excluding steroid dienone is 1. The predicted octanol–water partition coefficient (Wildman–Crippen LogP) is 3.77. The van der Waals surface area contributed by atoms with E-state index in [0.29, 0.717) is 6.04 Å². The Morgan fingerprint density at radius 3 is 2.75 bits per heavy atom.